The van der Waals surface area contributed by atoms with Crippen LogP contribution in [0, 0.1) is 0 Å². The minimum Gasteiger partial charge on any atom is -0.494 e. The third-order valence-corrected chi connectivity index (χ3v) is 4.41. The van der Waals surface area contributed by atoms with Gasteiger partial charge in [-0.25, -0.2) is 9.59 Å². The summed E-state index contributed by atoms with van der Waals surface area (Å²) >= 11 is 0. The Morgan fingerprint density at radius 2 is 1.47 bits per heavy atom. The molecule has 0 aliphatic heterocycles. The zero-order chi connectivity index (χ0) is 21.8. The second-order valence-electron chi connectivity index (χ2n) is 7.00. The molecule has 0 spiro atoms. The number of hydrogen-bond donors (Lipinski definition) is 1. The van der Waals surface area contributed by atoms with E-state index in [0.717, 1.165) is 54.2 Å². The number of rotatable bonds is 12. The molecule has 0 bridgehead atoms. The van der Waals surface area contributed by atoms with Crippen molar-refractivity contribution in [3.05, 3.63) is 72.3 Å². The van der Waals surface area contributed by atoms with Gasteiger partial charge in [0.25, 0.3) is 0 Å². The number of carbonyl (C=O) groups is 2. The molecule has 0 heterocycles. The Bertz CT molecular complexity index is 863. The highest BCUT2D eigenvalue weighted by Crippen LogP contribution is 2.23. The van der Waals surface area contributed by atoms with Gasteiger partial charge >= 0.3 is 11.9 Å². The van der Waals surface area contributed by atoms with E-state index in [1.807, 2.05) is 48.5 Å². The second kappa shape index (κ2) is 12.3. The number of ether oxygens (including phenoxy) is 2. The van der Waals surface area contributed by atoms with Crippen LogP contribution < -0.4 is 4.74 Å². The van der Waals surface area contributed by atoms with Gasteiger partial charge in [-0.15, -0.1) is 0 Å². The van der Waals surface area contributed by atoms with E-state index in [1.54, 1.807) is 13.0 Å². The van der Waals surface area contributed by atoms with E-state index in [4.69, 9.17) is 14.6 Å². The number of hydrogen-bond acceptors (Lipinski definition) is 4. The fourth-order valence-electron chi connectivity index (χ4n) is 2.73. The van der Waals surface area contributed by atoms with E-state index in [9.17, 15) is 9.59 Å². The molecule has 2 aromatic carbocycles. The Labute approximate surface area is 177 Å². The first-order valence-electron chi connectivity index (χ1n) is 10.0. The Morgan fingerprint density at radius 3 is 2.03 bits per heavy atom. The highest BCUT2D eigenvalue weighted by atomic mass is 16.5. The highest BCUT2D eigenvalue weighted by molar-refractivity contribution is 5.87. The molecule has 0 atom stereocenters. The zero-order valence-corrected chi connectivity index (χ0v) is 17.3. The summed E-state index contributed by atoms with van der Waals surface area (Å²) < 4.78 is 10.8. The zero-order valence-electron chi connectivity index (χ0n) is 17.3. The van der Waals surface area contributed by atoms with Crippen molar-refractivity contribution >= 4 is 18.0 Å². The molecule has 0 aliphatic rings. The van der Waals surface area contributed by atoms with Crippen molar-refractivity contribution in [1.82, 2.24) is 0 Å². The highest BCUT2D eigenvalue weighted by Gasteiger charge is 2.02. The van der Waals surface area contributed by atoms with Gasteiger partial charge in [-0.2, -0.15) is 0 Å². The van der Waals surface area contributed by atoms with Gasteiger partial charge < -0.3 is 14.6 Å². The van der Waals surface area contributed by atoms with E-state index in [2.05, 4.69) is 6.58 Å². The quantitative estimate of drug-likeness (QED) is 0.285. The SMILES string of the molecule is C=C(C)C(=O)OCCCCCCOc1ccc(-c2ccc(/C=C/C(=O)O)cc2)cc1. The summed E-state index contributed by atoms with van der Waals surface area (Å²) in [6, 6.07) is 15.6. The maximum absolute atomic E-state index is 11.2. The van der Waals surface area contributed by atoms with Crippen LogP contribution in [0.2, 0.25) is 0 Å². The van der Waals surface area contributed by atoms with Gasteiger partial charge in [-0.05, 0) is 67.5 Å². The Kier molecular flexibility index (Phi) is 9.38. The molecule has 0 unspecified atom stereocenters. The summed E-state index contributed by atoms with van der Waals surface area (Å²) in [5, 5.41) is 8.68. The van der Waals surface area contributed by atoms with Crippen LogP contribution in [-0.2, 0) is 14.3 Å². The van der Waals surface area contributed by atoms with E-state index in [-0.39, 0.29) is 5.97 Å². The number of carbonyl (C=O) groups excluding carboxylic acids is 1. The molecule has 0 radical (unpaired) electrons. The van der Waals surface area contributed by atoms with Crippen LogP contribution >= 0.6 is 0 Å². The van der Waals surface area contributed by atoms with Crippen LogP contribution in [0.3, 0.4) is 0 Å². The molecular weight excluding hydrogens is 380 g/mol. The maximum atomic E-state index is 11.2. The van der Waals surface area contributed by atoms with E-state index in [1.165, 1.54) is 0 Å². The van der Waals surface area contributed by atoms with Gasteiger partial charge in [-0.1, -0.05) is 43.0 Å². The van der Waals surface area contributed by atoms with Crippen molar-refractivity contribution in [2.24, 2.45) is 0 Å². The number of esters is 1. The molecule has 0 fully saturated rings. The third kappa shape index (κ3) is 8.35. The van der Waals surface area contributed by atoms with E-state index >= 15 is 0 Å². The first-order chi connectivity index (χ1) is 14.5. The molecule has 0 saturated carbocycles. The molecule has 0 aromatic heterocycles. The molecule has 1 N–H and O–H groups in total. The van der Waals surface area contributed by atoms with Crippen LogP contribution in [0.4, 0.5) is 0 Å². The molecule has 5 nitrogen and oxygen atoms in total. The fraction of sp³-hybridized carbons (Fsp3) is 0.280. The number of unbranched alkanes of at least 4 members (excludes halogenated alkanes) is 3. The molecule has 0 aliphatic carbocycles. The van der Waals surface area contributed by atoms with Crippen LogP contribution in [0.15, 0.2) is 66.8 Å². The smallest absolute Gasteiger partial charge is 0.333 e. The molecular formula is C25H28O5. The summed E-state index contributed by atoms with van der Waals surface area (Å²) in [5.74, 6) is -0.457. The lowest BCUT2D eigenvalue weighted by Crippen LogP contribution is -2.06. The topological polar surface area (TPSA) is 72.8 Å². The Morgan fingerprint density at radius 1 is 0.900 bits per heavy atom. The summed E-state index contributed by atoms with van der Waals surface area (Å²) in [5.41, 5.74) is 3.40. The van der Waals surface area contributed by atoms with Crippen molar-refractivity contribution in [2.45, 2.75) is 32.6 Å². The summed E-state index contributed by atoms with van der Waals surface area (Å²) in [4.78, 5) is 21.8. The molecule has 2 aromatic rings. The summed E-state index contributed by atoms with van der Waals surface area (Å²) in [6.07, 6.45) is 6.49. The van der Waals surface area contributed by atoms with Gasteiger partial charge in [0.15, 0.2) is 0 Å². The monoisotopic (exact) mass is 408 g/mol. The van der Waals surface area contributed by atoms with Crippen molar-refractivity contribution < 1.29 is 24.2 Å². The third-order valence-electron chi connectivity index (χ3n) is 4.41. The predicted octanol–water partition coefficient (Wildman–Crippen LogP) is 5.51. The molecule has 158 valence electrons. The van der Waals surface area contributed by atoms with Gasteiger partial charge in [0, 0.05) is 11.6 Å². The minimum atomic E-state index is -0.959. The lowest BCUT2D eigenvalue weighted by Gasteiger charge is -2.08. The number of benzene rings is 2. The minimum absolute atomic E-state index is 0.326. The van der Waals surface area contributed by atoms with Crippen LogP contribution in [0.25, 0.3) is 17.2 Å². The lowest BCUT2D eigenvalue weighted by atomic mass is 10.0. The summed E-state index contributed by atoms with van der Waals surface area (Å²) in [6.45, 7) is 6.28. The molecule has 5 heteroatoms. The van der Waals surface area contributed by atoms with Crippen LogP contribution in [0.5, 0.6) is 5.75 Å². The Balaban J connectivity index is 1.68. The predicted molar refractivity (Wildman–Crippen MR) is 118 cm³/mol. The van der Waals surface area contributed by atoms with Gasteiger partial charge in [0.2, 0.25) is 0 Å². The molecule has 2 rings (SSSR count). The average molecular weight is 408 g/mol. The van der Waals surface area contributed by atoms with Crippen LogP contribution in [-0.4, -0.2) is 30.3 Å². The fourth-order valence-corrected chi connectivity index (χ4v) is 2.73. The van der Waals surface area contributed by atoms with Gasteiger partial charge in [0.1, 0.15) is 5.75 Å². The van der Waals surface area contributed by atoms with Crippen molar-refractivity contribution in [1.29, 1.82) is 0 Å². The maximum Gasteiger partial charge on any atom is 0.333 e. The van der Waals surface area contributed by atoms with Gasteiger partial charge in [-0.3, -0.25) is 0 Å². The number of aliphatic carboxylic acids is 1. The van der Waals surface area contributed by atoms with E-state index in [0.29, 0.717) is 18.8 Å². The van der Waals surface area contributed by atoms with E-state index < -0.39 is 5.97 Å². The number of carboxylic acid groups (broad SMARTS) is 1. The van der Waals surface area contributed by atoms with Crippen molar-refractivity contribution in [2.75, 3.05) is 13.2 Å². The van der Waals surface area contributed by atoms with Gasteiger partial charge in [0.05, 0.1) is 13.2 Å². The van der Waals surface area contributed by atoms with Crippen molar-refractivity contribution in [3.63, 3.8) is 0 Å². The first-order valence-corrected chi connectivity index (χ1v) is 10.0. The summed E-state index contributed by atoms with van der Waals surface area (Å²) in [7, 11) is 0. The number of carboxylic acids is 1. The average Bonchev–Trinajstić information content (AvgIpc) is 2.74. The van der Waals surface area contributed by atoms with Crippen LogP contribution in [0.1, 0.15) is 38.2 Å². The Hall–Kier alpha value is -3.34. The molecule has 0 amide bonds. The standard InChI is InChI=1S/C25H28O5/c1-19(2)25(28)30-18-6-4-3-5-17-29-23-14-12-22(13-15-23)21-10-7-20(8-11-21)9-16-24(26)27/h7-16H,1,3-6,17-18H2,2H3,(H,26,27)/b16-9+. The lowest BCUT2D eigenvalue weighted by molar-refractivity contribution is -0.139. The first kappa shape index (κ1) is 22.9. The second-order valence-corrected chi connectivity index (χ2v) is 7.00. The van der Waals surface area contributed by atoms with Crippen molar-refractivity contribution in [3.8, 4) is 16.9 Å². The largest absolute Gasteiger partial charge is 0.494 e. The normalized spacial score (nSPS) is 10.7. The molecule has 0 saturated heterocycles. The molecule has 30 heavy (non-hydrogen) atoms.